The van der Waals surface area contributed by atoms with Crippen LogP contribution < -0.4 is 10.1 Å². The second kappa shape index (κ2) is 9.22. The van der Waals surface area contributed by atoms with Crippen molar-refractivity contribution in [3.05, 3.63) is 58.6 Å². The molecule has 132 valence electrons. The second-order valence-electron chi connectivity index (χ2n) is 5.49. The topological polar surface area (TPSA) is 64.6 Å². The van der Waals surface area contributed by atoms with Crippen LogP contribution in [0.1, 0.15) is 18.9 Å². The van der Waals surface area contributed by atoms with E-state index in [0.29, 0.717) is 5.69 Å². The van der Waals surface area contributed by atoms with Crippen LogP contribution in [-0.2, 0) is 14.3 Å². The van der Waals surface area contributed by atoms with Gasteiger partial charge in [0.15, 0.2) is 6.10 Å². The fourth-order valence-corrected chi connectivity index (χ4v) is 2.31. The van der Waals surface area contributed by atoms with E-state index in [4.69, 9.17) is 9.47 Å². The number of esters is 1. The Morgan fingerprint density at radius 3 is 2.48 bits per heavy atom. The molecule has 2 aromatic carbocycles. The highest BCUT2D eigenvalue weighted by molar-refractivity contribution is 9.10. The molecule has 2 rings (SSSR count). The van der Waals surface area contributed by atoms with Gasteiger partial charge in [-0.15, -0.1) is 0 Å². The number of benzene rings is 2. The number of hydrogen-bond acceptors (Lipinski definition) is 4. The van der Waals surface area contributed by atoms with Crippen molar-refractivity contribution < 1.29 is 19.1 Å². The fourth-order valence-electron chi connectivity index (χ4n) is 2.05. The van der Waals surface area contributed by atoms with E-state index in [1.165, 1.54) is 6.92 Å². The van der Waals surface area contributed by atoms with Crippen LogP contribution >= 0.6 is 15.9 Å². The van der Waals surface area contributed by atoms with Crippen molar-refractivity contribution >= 4 is 33.5 Å². The molecule has 0 unspecified atom stereocenters. The molecular formula is C19H20BrNO4. The monoisotopic (exact) mass is 405 g/mol. The van der Waals surface area contributed by atoms with Crippen molar-refractivity contribution in [1.82, 2.24) is 0 Å². The van der Waals surface area contributed by atoms with Gasteiger partial charge in [-0.2, -0.15) is 0 Å². The summed E-state index contributed by atoms with van der Waals surface area (Å²) in [5.41, 5.74) is 1.64. The summed E-state index contributed by atoms with van der Waals surface area (Å²) >= 11 is 3.32. The van der Waals surface area contributed by atoms with Gasteiger partial charge in [-0.3, -0.25) is 9.59 Å². The summed E-state index contributed by atoms with van der Waals surface area (Å²) in [4.78, 5) is 23.9. The molecule has 1 N–H and O–H groups in total. The fraction of sp³-hybridized carbons (Fsp3) is 0.263. The molecule has 0 aliphatic rings. The number of halogens is 1. The third kappa shape index (κ3) is 6.23. The zero-order chi connectivity index (χ0) is 18.2. The summed E-state index contributed by atoms with van der Waals surface area (Å²) < 4.78 is 11.6. The number of para-hydroxylation sites is 1. The summed E-state index contributed by atoms with van der Waals surface area (Å²) in [5.74, 6) is -0.126. The Morgan fingerprint density at radius 2 is 1.80 bits per heavy atom. The first-order valence-electron chi connectivity index (χ1n) is 7.90. The van der Waals surface area contributed by atoms with E-state index in [-0.39, 0.29) is 18.9 Å². The van der Waals surface area contributed by atoms with Crippen molar-refractivity contribution in [3.8, 4) is 5.75 Å². The predicted octanol–water partition coefficient (Wildman–Crippen LogP) is 4.10. The minimum Gasteiger partial charge on any atom is -0.493 e. The maximum absolute atomic E-state index is 12.0. The molecule has 6 heteroatoms. The summed E-state index contributed by atoms with van der Waals surface area (Å²) in [6.07, 6.45) is -0.806. The highest BCUT2D eigenvalue weighted by Gasteiger charge is 2.18. The van der Waals surface area contributed by atoms with Crippen LogP contribution in [0.2, 0.25) is 0 Å². The number of nitrogens with one attached hydrogen (secondary N) is 1. The van der Waals surface area contributed by atoms with Crippen molar-refractivity contribution in [1.29, 1.82) is 0 Å². The van der Waals surface area contributed by atoms with Crippen LogP contribution in [0.15, 0.2) is 53.0 Å². The maximum Gasteiger partial charge on any atom is 0.310 e. The number of amides is 1. The Balaban J connectivity index is 1.74. The second-order valence-corrected chi connectivity index (χ2v) is 6.41. The number of carbonyl (C=O) groups is 2. The van der Waals surface area contributed by atoms with Gasteiger partial charge >= 0.3 is 5.97 Å². The van der Waals surface area contributed by atoms with E-state index < -0.39 is 12.1 Å². The zero-order valence-corrected chi connectivity index (χ0v) is 15.7. The molecule has 0 aromatic heterocycles. The lowest BCUT2D eigenvalue weighted by Gasteiger charge is -2.14. The Kier molecular flexibility index (Phi) is 7.01. The normalized spacial score (nSPS) is 11.5. The van der Waals surface area contributed by atoms with Crippen LogP contribution in [0.25, 0.3) is 0 Å². The summed E-state index contributed by atoms with van der Waals surface area (Å²) in [5, 5.41) is 2.70. The molecule has 5 nitrogen and oxygen atoms in total. The van der Waals surface area contributed by atoms with E-state index in [0.717, 1.165) is 15.8 Å². The Morgan fingerprint density at radius 1 is 1.12 bits per heavy atom. The number of aryl methyl sites for hydroxylation is 1. The maximum atomic E-state index is 12.0. The molecule has 0 saturated heterocycles. The molecule has 0 bridgehead atoms. The van der Waals surface area contributed by atoms with Gasteiger partial charge in [0.1, 0.15) is 5.75 Å². The Labute approximate surface area is 155 Å². The Hall–Kier alpha value is -2.34. The SMILES string of the molecule is Cc1ccccc1OCCC(=O)O[C@H](C)C(=O)Nc1ccc(Br)cc1. The van der Waals surface area contributed by atoms with Gasteiger partial charge < -0.3 is 14.8 Å². The van der Waals surface area contributed by atoms with E-state index in [1.54, 1.807) is 12.1 Å². The molecule has 1 atom stereocenters. The lowest BCUT2D eigenvalue weighted by Crippen LogP contribution is -2.30. The first-order valence-corrected chi connectivity index (χ1v) is 8.69. The molecule has 25 heavy (non-hydrogen) atoms. The van der Waals surface area contributed by atoms with E-state index >= 15 is 0 Å². The largest absolute Gasteiger partial charge is 0.493 e. The minimum absolute atomic E-state index is 0.0736. The Bertz CT molecular complexity index is 730. The molecule has 0 saturated carbocycles. The molecule has 0 aliphatic heterocycles. The summed E-state index contributed by atoms with van der Waals surface area (Å²) in [6.45, 7) is 3.67. The zero-order valence-electron chi connectivity index (χ0n) is 14.1. The van der Waals surface area contributed by atoms with E-state index in [9.17, 15) is 9.59 Å². The molecule has 2 aromatic rings. The van der Waals surface area contributed by atoms with Gasteiger partial charge in [0.25, 0.3) is 5.91 Å². The molecular weight excluding hydrogens is 386 g/mol. The first kappa shape index (κ1) is 19.0. The van der Waals surface area contributed by atoms with Crippen molar-refractivity contribution in [2.24, 2.45) is 0 Å². The summed E-state index contributed by atoms with van der Waals surface area (Å²) in [6, 6.07) is 14.7. The number of ether oxygens (including phenoxy) is 2. The molecule has 0 aliphatic carbocycles. The molecule has 0 heterocycles. The number of anilines is 1. The van der Waals surface area contributed by atoms with Crippen LogP contribution in [0, 0.1) is 6.92 Å². The average Bonchev–Trinajstić information content (AvgIpc) is 2.58. The lowest BCUT2D eigenvalue weighted by molar-refractivity contribution is -0.153. The molecule has 0 spiro atoms. The summed E-state index contributed by atoms with van der Waals surface area (Å²) in [7, 11) is 0. The number of carbonyl (C=O) groups excluding carboxylic acids is 2. The predicted molar refractivity (Wildman–Crippen MR) is 99.6 cm³/mol. The third-order valence-corrected chi connectivity index (χ3v) is 3.98. The van der Waals surface area contributed by atoms with E-state index in [2.05, 4.69) is 21.2 Å². The number of hydrogen-bond donors (Lipinski definition) is 1. The average molecular weight is 406 g/mol. The molecule has 0 fully saturated rings. The molecule has 0 radical (unpaired) electrons. The van der Waals surface area contributed by atoms with Crippen molar-refractivity contribution in [3.63, 3.8) is 0 Å². The number of rotatable bonds is 7. The minimum atomic E-state index is -0.880. The quantitative estimate of drug-likeness (QED) is 0.704. The van der Waals surface area contributed by atoms with Gasteiger partial charge in [-0.05, 0) is 49.7 Å². The molecule has 1 amide bonds. The standard InChI is InChI=1S/C19H20BrNO4/c1-13-5-3-4-6-17(13)24-12-11-18(22)25-14(2)19(23)21-16-9-7-15(20)8-10-16/h3-10,14H,11-12H2,1-2H3,(H,21,23)/t14-/m1/s1. The van der Waals surface area contributed by atoms with Crippen molar-refractivity contribution in [2.75, 3.05) is 11.9 Å². The van der Waals surface area contributed by atoms with Crippen LogP contribution in [0.5, 0.6) is 5.75 Å². The van der Waals surface area contributed by atoms with Crippen LogP contribution in [-0.4, -0.2) is 24.6 Å². The third-order valence-electron chi connectivity index (χ3n) is 3.45. The van der Waals surface area contributed by atoms with Crippen LogP contribution in [0.3, 0.4) is 0 Å². The van der Waals surface area contributed by atoms with Gasteiger partial charge in [0.05, 0.1) is 13.0 Å². The van der Waals surface area contributed by atoms with Crippen molar-refractivity contribution in [2.45, 2.75) is 26.4 Å². The first-order chi connectivity index (χ1) is 12.0. The van der Waals surface area contributed by atoms with Gasteiger partial charge in [0.2, 0.25) is 0 Å². The van der Waals surface area contributed by atoms with Gasteiger partial charge in [-0.25, -0.2) is 0 Å². The smallest absolute Gasteiger partial charge is 0.310 e. The van der Waals surface area contributed by atoms with Gasteiger partial charge in [-0.1, -0.05) is 34.1 Å². The van der Waals surface area contributed by atoms with Crippen LogP contribution in [0.4, 0.5) is 5.69 Å². The highest BCUT2D eigenvalue weighted by atomic mass is 79.9. The van der Waals surface area contributed by atoms with Gasteiger partial charge in [0, 0.05) is 10.2 Å². The lowest BCUT2D eigenvalue weighted by atomic mass is 10.2. The highest BCUT2D eigenvalue weighted by Crippen LogP contribution is 2.17. The van der Waals surface area contributed by atoms with E-state index in [1.807, 2.05) is 43.3 Å².